The number of rotatable bonds is 3. The van der Waals surface area contributed by atoms with Crippen molar-refractivity contribution in [1.82, 2.24) is 4.98 Å². The predicted octanol–water partition coefficient (Wildman–Crippen LogP) is 3.73. The maximum absolute atomic E-state index is 14.2. The van der Waals surface area contributed by atoms with Crippen molar-refractivity contribution in [2.45, 2.75) is 45.3 Å². The summed E-state index contributed by atoms with van der Waals surface area (Å²) in [4.78, 5) is 45.1. The largest absolute Gasteiger partial charge is 0.457 e. The molecular formula is C28H29NO5. The number of ether oxygens (including phenoxy) is 2. The first-order chi connectivity index (χ1) is 16.2. The molecule has 4 bridgehead atoms. The third-order valence-electron chi connectivity index (χ3n) is 9.21. The number of ketones is 2. The van der Waals surface area contributed by atoms with E-state index in [0.29, 0.717) is 25.0 Å². The van der Waals surface area contributed by atoms with Crippen molar-refractivity contribution in [2.24, 2.45) is 34.0 Å². The summed E-state index contributed by atoms with van der Waals surface area (Å²) < 4.78 is 12.2. The summed E-state index contributed by atoms with van der Waals surface area (Å²) in [6.45, 7) is 8.87. The van der Waals surface area contributed by atoms with Crippen molar-refractivity contribution in [1.29, 1.82) is 0 Å². The lowest BCUT2D eigenvalue weighted by atomic mass is 9.41. The van der Waals surface area contributed by atoms with Crippen LogP contribution in [0, 0.1) is 34.0 Å². The van der Waals surface area contributed by atoms with Gasteiger partial charge in [-0.2, -0.15) is 0 Å². The number of pyridine rings is 1. The van der Waals surface area contributed by atoms with Crippen molar-refractivity contribution in [3.8, 4) is 0 Å². The number of esters is 1. The SMILES string of the molecule is C=C1C(=O)[C@@]23C(=O)[C@@H]4OC[C@]5(C=CCC(C)(C)[C@@H]45)[C@@H]2CC[C@@H]1[C@H]3OC(=O)/C=C/c1cccnc1. The van der Waals surface area contributed by atoms with Gasteiger partial charge in [-0.05, 0) is 53.9 Å². The van der Waals surface area contributed by atoms with E-state index in [1.165, 1.54) is 6.08 Å². The maximum Gasteiger partial charge on any atom is 0.331 e. The molecule has 1 spiro atoms. The fourth-order valence-electron chi connectivity index (χ4n) is 8.01. The summed E-state index contributed by atoms with van der Waals surface area (Å²) in [6.07, 6.45) is 11.4. The molecule has 0 N–H and O–H groups in total. The van der Waals surface area contributed by atoms with E-state index >= 15 is 0 Å². The van der Waals surface area contributed by atoms with Crippen LogP contribution in [0.4, 0.5) is 0 Å². The Kier molecular flexibility index (Phi) is 4.51. The topological polar surface area (TPSA) is 82.6 Å². The van der Waals surface area contributed by atoms with E-state index in [4.69, 9.17) is 9.47 Å². The van der Waals surface area contributed by atoms with Crippen LogP contribution in [-0.4, -0.2) is 41.3 Å². The highest BCUT2D eigenvalue weighted by Crippen LogP contribution is 2.71. The van der Waals surface area contributed by atoms with E-state index in [-0.39, 0.29) is 34.7 Å². The van der Waals surface area contributed by atoms with Crippen LogP contribution in [0.25, 0.3) is 6.08 Å². The third kappa shape index (κ3) is 2.55. The zero-order valence-corrected chi connectivity index (χ0v) is 19.5. The lowest BCUT2D eigenvalue weighted by Gasteiger charge is -2.59. The first kappa shape index (κ1) is 21.7. The smallest absolute Gasteiger partial charge is 0.331 e. The maximum atomic E-state index is 14.2. The van der Waals surface area contributed by atoms with Crippen LogP contribution in [0.2, 0.25) is 0 Å². The van der Waals surface area contributed by atoms with Crippen LogP contribution in [-0.2, 0) is 23.9 Å². The number of hydrogen-bond donors (Lipinski definition) is 0. The van der Waals surface area contributed by atoms with Gasteiger partial charge in [0.1, 0.15) is 17.6 Å². The van der Waals surface area contributed by atoms with Gasteiger partial charge in [0, 0.05) is 35.7 Å². The second-order valence-electron chi connectivity index (χ2n) is 11.2. The molecule has 6 heteroatoms. The summed E-state index contributed by atoms with van der Waals surface area (Å²) in [5.41, 5.74) is -0.770. The van der Waals surface area contributed by atoms with E-state index in [0.717, 1.165) is 12.0 Å². The number of hydrogen-bond acceptors (Lipinski definition) is 6. The fraction of sp³-hybridized carbons (Fsp3) is 0.500. The highest BCUT2D eigenvalue weighted by atomic mass is 16.5. The Balaban J connectivity index is 1.42. The van der Waals surface area contributed by atoms with Crippen LogP contribution in [0.5, 0.6) is 0 Å². The molecular weight excluding hydrogens is 430 g/mol. The van der Waals surface area contributed by atoms with Crippen LogP contribution in [0.1, 0.15) is 38.7 Å². The molecule has 6 nitrogen and oxygen atoms in total. The van der Waals surface area contributed by atoms with E-state index in [1.54, 1.807) is 24.5 Å². The number of allylic oxidation sites excluding steroid dienone is 1. The molecule has 0 amide bonds. The van der Waals surface area contributed by atoms with Crippen molar-refractivity contribution >= 4 is 23.6 Å². The second-order valence-corrected chi connectivity index (χ2v) is 11.2. The predicted molar refractivity (Wildman–Crippen MR) is 124 cm³/mol. The molecule has 1 aromatic heterocycles. The Morgan fingerprint density at radius 2 is 2.12 bits per heavy atom. The Morgan fingerprint density at radius 3 is 2.88 bits per heavy atom. The Morgan fingerprint density at radius 1 is 1.29 bits per heavy atom. The van der Waals surface area contributed by atoms with Crippen LogP contribution in [0.15, 0.2) is 54.9 Å². The van der Waals surface area contributed by atoms with Crippen molar-refractivity contribution in [2.75, 3.05) is 6.61 Å². The van der Waals surface area contributed by atoms with Gasteiger partial charge in [0.2, 0.25) is 0 Å². The molecule has 0 aromatic carbocycles. The highest BCUT2D eigenvalue weighted by molar-refractivity contribution is 6.20. The first-order valence-electron chi connectivity index (χ1n) is 12.1. The third-order valence-corrected chi connectivity index (χ3v) is 9.21. The molecule has 1 aliphatic heterocycles. The van der Waals surface area contributed by atoms with Gasteiger partial charge in [-0.15, -0.1) is 0 Å². The van der Waals surface area contributed by atoms with Crippen LogP contribution >= 0.6 is 0 Å². The van der Waals surface area contributed by atoms with Gasteiger partial charge in [-0.25, -0.2) is 4.79 Å². The lowest BCUT2D eigenvalue weighted by Crippen LogP contribution is -2.68. The Hall–Kier alpha value is -2.86. The molecule has 6 rings (SSSR count). The number of aromatic nitrogens is 1. The minimum atomic E-state index is -1.41. The molecule has 4 fully saturated rings. The van der Waals surface area contributed by atoms with E-state index < -0.39 is 29.0 Å². The van der Waals surface area contributed by atoms with Gasteiger partial charge in [0.15, 0.2) is 11.6 Å². The van der Waals surface area contributed by atoms with Gasteiger partial charge < -0.3 is 9.47 Å². The molecule has 0 radical (unpaired) electrons. The van der Waals surface area contributed by atoms with E-state index in [1.807, 2.05) is 6.07 Å². The molecule has 0 unspecified atom stereocenters. The van der Waals surface area contributed by atoms with Crippen molar-refractivity contribution < 1.29 is 23.9 Å². The number of nitrogens with zero attached hydrogens (tertiary/aromatic N) is 1. The molecule has 34 heavy (non-hydrogen) atoms. The minimum absolute atomic E-state index is 0.00756. The Bertz CT molecular complexity index is 1170. The van der Waals surface area contributed by atoms with Crippen molar-refractivity contribution in [3.05, 3.63) is 60.5 Å². The zero-order valence-electron chi connectivity index (χ0n) is 19.5. The van der Waals surface area contributed by atoms with Gasteiger partial charge in [-0.3, -0.25) is 14.6 Å². The number of fused-ring (bicyclic) bond motifs is 1. The molecule has 1 aromatic rings. The summed E-state index contributed by atoms with van der Waals surface area (Å²) in [5.74, 6) is -1.62. The molecule has 2 heterocycles. The molecule has 176 valence electrons. The highest BCUT2D eigenvalue weighted by Gasteiger charge is 2.80. The number of carbonyl (C=O) groups excluding carboxylic acids is 3. The average molecular weight is 460 g/mol. The summed E-state index contributed by atoms with van der Waals surface area (Å²) in [6, 6.07) is 3.61. The van der Waals surface area contributed by atoms with Gasteiger partial charge >= 0.3 is 5.97 Å². The zero-order chi connectivity index (χ0) is 23.9. The molecule has 4 aliphatic carbocycles. The standard InChI is InChI=1S/C28H29NO5/c1-16-18-8-9-19-27-12-5-11-26(2,3)22(27)21(33-15-27)24(32)28(19,23(16)31)25(18)34-20(30)10-7-17-6-4-13-29-14-17/h4-7,10,12-14,18-19,21-22,25H,1,8-9,11,15H2,2-3H3/b10-7+/t18-,19-,21+,22+,25+,27+,28+/m0/s1. The average Bonchev–Trinajstić information content (AvgIpc) is 3.24. The monoisotopic (exact) mass is 459 g/mol. The number of Topliss-reactive ketones (excluding diaryl/α,β-unsaturated/α-hetero) is 2. The molecule has 7 atom stereocenters. The van der Waals surface area contributed by atoms with Crippen molar-refractivity contribution in [3.63, 3.8) is 0 Å². The first-order valence-corrected chi connectivity index (χ1v) is 12.1. The molecule has 5 aliphatic rings. The van der Waals surface area contributed by atoms with Crippen LogP contribution < -0.4 is 0 Å². The van der Waals surface area contributed by atoms with Gasteiger partial charge in [-0.1, -0.05) is 38.6 Å². The van der Waals surface area contributed by atoms with Gasteiger partial charge in [0.25, 0.3) is 0 Å². The van der Waals surface area contributed by atoms with E-state index in [2.05, 4.69) is 37.6 Å². The van der Waals surface area contributed by atoms with E-state index in [9.17, 15) is 14.4 Å². The Labute approximate surface area is 199 Å². The second kappa shape index (κ2) is 7.08. The summed E-state index contributed by atoms with van der Waals surface area (Å²) in [7, 11) is 0. The quantitative estimate of drug-likeness (QED) is 0.297. The molecule has 3 saturated carbocycles. The van der Waals surface area contributed by atoms with Gasteiger partial charge in [0.05, 0.1) is 6.61 Å². The molecule has 1 saturated heterocycles. The summed E-state index contributed by atoms with van der Waals surface area (Å²) >= 11 is 0. The van der Waals surface area contributed by atoms with Crippen LogP contribution in [0.3, 0.4) is 0 Å². The fourth-order valence-corrected chi connectivity index (χ4v) is 8.01. The minimum Gasteiger partial charge on any atom is -0.457 e. The number of carbonyl (C=O) groups is 3. The normalized spacial score (nSPS) is 41.5. The lowest BCUT2D eigenvalue weighted by molar-refractivity contribution is -0.187. The summed E-state index contributed by atoms with van der Waals surface area (Å²) in [5, 5.41) is 0.